The van der Waals surface area contributed by atoms with E-state index in [1.165, 1.54) is 16.3 Å². The van der Waals surface area contributed by atoms with Gasteiger partial charge in [0.25, 0.3) is 5.56 Å². The third-order valence-electron chi connectivity index (χ3n) is 4.88. The average Bonchev–Trinajstić information content (AvgIpc) is 2.79. The molecule has 0 unspecified atom stereocenters. The summed E-state index contributed by atoms with van der Waals surface area (Å²) in [5.41, 5.74) is 1.84. The maximum atomic E-state index is 13.3. The Balaban J connectivity index is 1.68. The molecule has 0 amide bonds. The normalized spacial score (nSPS) is 12.4. The summed E-state index contributed by atoms with van der Waals surface area (Å²) in [6.45, 7) is 1.76. The number of hydrogen-bond donors (Lipinski definition) is 1. The summed E-state index contributed by atoms with van der Waals surface area (Å²) < 4.78 is 26.7. The number of aromatic nitrogens is 2. The lowest BCUT2D eigenvalue weighted by Crippen LogP contribution is -2.23. The van der Waals surface area contributed by atoms with Crippen molar-refractivity contribution in [2.24, 2.45) is 0 Å². The summed E-state index contributed by atoms with van der Waals surface area (Å²) in [6.07, 6.45) is 1.06. The van der Waals surface area contributed by atoms with Gasteiger partial charge in [-0.3, -0.25) is 18.9 Å². The molecule has 0 aliphatic carbocycles. The number of sulfonamides is 1. The largest absolute Gasteiger partial charge is 0.293 e. The van der Waals surface area contributed by atoms with Crippen LogP contribution in [-0.2, 0) is 10.0 Å². The quantitative estimate of drug-likeness (QED) is 0.243. The van der Waals surface area contributed by atoms with Crippen molar-refractivity contribution in [3.63, 3.8) is 0 Å². The van der Waals surface area contributed by atoms with Crippen LogP contribution in [0.2, 0.25) is 0 Å². The van der Waals surface area contributed by atoms with E-state index in [-0.39, 0.29) is 11.3 Å². The van der Waals surface area contributed by atoms with E-state index in [4.69, 9.17) is 0 Å². The molecule has 4 aromatic rings. The fourth-order valence-electron chi connectivity index (χ4n) is 3.36. The number of rotatable bonds is 7. The third-order valence-corrected chi connectivity index (χ3v) is 6.54. The van der Waals surface area contributed by atoms with Crippen molar-refractivity contribution in [3.05, 3.63) is 94.8 Å². The molecule has 0 saturated carbocycles. The molecule has 1 heterocycles. The predicted molar refractivity (Wildman–Crippen MR) is 132 cm³/mol. The van der Waals surface area contributed by atoms with E-state index in [1.54, 1.807) is 49.4 Å². The molecular formula is C24H21N3O4S2. The maximum absolute atomic E-state index is 13.3. The van der Waals surface area contributed by atoms with Crippen LogP contribution in [0.3, 0.4) is 0 Å². The van der Waals surface area contributed by atoms with Gasteiger partial charge in [0.2, 0.25) is 10.0 Å². The van der Waals surface area contributed by atoms with E-state index < -0.39 is 15.3 Å². The predicted octanol–water partition coefficient (Wildman–Crippen LogP) is 4.12. The summed E-state index contributed by atoms with van der Waals surface area (Å²) in [6, 6.07) is 22.5. The van der Waals surface area contributed by atoms with Crippen molar-refractivity contribution in [3.8, 4) is 5.69 Å². The average molecular weight is 480 g/mol. The summed E-state index contributed by atoms with van der Waals surface area (Å²) in [7, 11) is -3.40. The third kappa shape index (κ3) is 5.15. The molecule has 168 valence electrons. The van der Waals surface area contributed by atoms with Crippen molar-refractivity contribution in [1.29, 1.82) is 0 Å². The first-order chi connectivity index (χ1) is 15.7. The Morgan fingerprint density at radius 3 is 2.27 bits per heavy atom. The molecule has 0 spiro atoms. The fourth-order valence-corrected chi connectivity index (χ4v) is 4.93. The molecule has 0 saturated heterocycles. The smallest absolute Gasteiger partial charge is 0.266 e. The highest BCUT2D eigenvalue weighted by Crippen LogP contribution is 2.27. The molecule has 0 aliphatic heterocycles. The number of Topliss-reactive ketones (excluding diaryl/α,β-unsaturated/α-hetero) is 1. The van der Waals surface area contributed by atoms with Crippen molar-refractivity contribution in [1.82, 2.24) is 9.55 Å². The highest BCUT2D eigenvalue weighted by molar-refractivity contribution is 8.00. The maximum Gasteiger partial charge on any atom is 0.266 e. The Labute approximate surface area is 195 Å². The van der Waals surface area contributed by atoms with Crippen LogP contribution in [0.15, 0.2) is 88.8 Å². The monoisotopic (exact) mass is 479 g/mol. The van der Waals surface area contributed by atoms with E-state index in [9.17, 15) is 18.0 Å². The zero-order chi connectivity index (χ0) is 23.6. The number of anilines is 1. The van der Waals surface area contributed by atoms with Crippen LogP contribution in [0.4, 0.5) is 5.69 Å². The lowest BCUT2D eigenvalue weighted by Gasteiger charge is -2.16. The molecule has 1 atom stereocenters. The molecule has 7 nitrogen and oxygen atoms in total. The number of ketones is 1. The van der Waals surface area contributed by atoms with E-state index in [1.807, 2.05) is 36.4 Å². The van der Waals surface area contributed by atoms with Gasteiger partial charge in [-0.25, -0.2) is 13.4 Å². The van der Waals surface area contributed by atoms with E-state index >= 15 is 0 Å². The topological polar surface area (TPSA) is 98.1 Å². The fraction of sp³-hybridized carbons (Fsp3) is 0.125. The van der Waals surface area contributed by atoms with Crippen molar-refractivity contribution < 1.29 is 13.2 Å². The van der Waals surface area contributed by atoms with Crippen LogP contribution < -0.4 is 10.3 Å². The first-order valence-corrected chi connectivity index (χ1v) is 12.9. The lowest BCUT2D eigenvalue weighted by molar-refractivity contribution is 0.0994. The number of nitrogens with zero attached hydrogens (tertiary/aromatic N) is 2. The van der Waals surface area contributed by atoms with Gasteiger partial charge in [-0.2, -0.15) is 0 Å². The number of fused-ring (bicyclic) bond motifs is 1. The van der Waals surface area contributed by atoms with Crippen LogP contribution in [-0.4, -0.2) is 35.3 Å². The number of para-hydroxylation sites is 2. The highest BCUT2D eigenvalue weighted by atomic mass is 32.2. The molecule has 0 fully saturated rings. The van der Waals surface area contributed by atoms with Crippen molar-refractivity contribution in [2.45, 2.75) is 17.3 Å². The first kappa shape index (κ1) is 22.8. The molecule has 3 aromatic carbocycles. The highest BCUT2D eigenvalue weighted by Gasteiger charge is 2.21. The first-order valence-electron chi connectivity index (χ1n) is 10.1. The standard InChI is InChI=1S/C24H21N3O4S2/c1-16(22(28)17-12-14-18(15-13-17)26-33(2,30)31)32-24-25-21-11-7-6-10-20(21)23(29)27(24)19-8-4-3-5-9-19/h3-16,26H,1-2H3/t16-/m1/s1. The summed E-state index contributed by atoms with van der Waals surface area (Å²) in [5, 5.41) is 0.376. The van der Waals surface area contributed by atoms with Crippen molar-refractivity contribution >= 4 is 44.2 Å². The molecule has 4 rings (SSSR count). The zero-order valence-electron chi connectivity index (χ0n) is 17.9. The second kappa shape index (κ2) is 9.21. The number of hydrogen-bond acceptors (Lipinski definition) is 6. The molecule has 0 aliphatic rings. The van der Waals surface area contributed by atoms with Crippen LogP contribution in [0.25, 0.3) is 16.6 Å². The number of benzene rings is 3. The molecule has 0 radical (unpaired) electrons. The van der Waals surface area contributed by atoms with E-state index in [0.29, 0.717) is 33.0 Å². The molecule has 0 bridgehead atoms. The minimum Gasteiger partial charge on any atom is -0.293 e. The van der Waals surface area contributed by atoms with Crippen LogP contribution in [0.1, 0.15) is 17.3 Å². The van der Waals surface area contributed by atoms with Gasteiger partial charge < -0.3 is 0 Å². The molecule has 1 aromatic heterocycles. The Hall–Kier alpha value is -3.43. The van der Waals surface area contributed by atoms with Gasteiger partial charge in [0.05, 0.1) is 28.1 Å². The Bertz CT molecular complexity index is 1480. The summed E-state index contributed by atoms with van der Waals surface area (Å²) in [4.78, 5) is 31.0. The second-order valence-corrected chi connectivity index (χ2v) is 10.5. The van der Waals surface area contributed by atoms with Gasteiger partial charge in [0.15, 0.2) is 10.9 Å². The van der Waals surface area contributed by atoms with E-state index in [0.717, 1.165) is 6.26 Å². The SMILES string of the molecule is C[C@@H](Sc1nc2ccccc2c(=O)n1-c1ccccc1)C(=O)c1ccc(NS(C)(=O)=O)cc1. The number of nitrogens with one attached hydrogen (secondary N) is 1. The number of thioether (sulfide) groups is 1. The molecule has 1 N–H and O–H groups in total. The van der Waals surface area contributed by atoms with Gasteiger partial charge in [-0.05, 0) is 55.5 Å². The lowest BCUT2D eigenvalue weighted by atomic mass is 10.1. The molecule has 9 heteroatoms. The number of carbonyl (C=O) groups excluding carboxylic acids is 1. The van der Waals surface area contributed by atoms with Gasteiger partial charge in [-0.15, -0.1) is 0 Å². The summed E-state index contributed by atoms with van der Waals surface area (Å²) in [5.74, 6) is -0.159. The van der Waals surface area contributed by atoms with Gasteiger partial charge >= 0.3 is 0 Å². The Morgan fingerprint density at radius 1 is 0.970 bits per heavy atom. The van der Waals surface area contributed by atoms with Crippen LogP contribution in [0.5, 0.6) is 0 Å². The molecular weight excluding hydrogens is 458 g/mol. The second-order valence-electron chi connectivity index (χ2n) is 7.46. The Kier molecular flexibility index (Phi) is 6.35. The van der Waals surface area contributed by atoms with Gasteiger partial charge in [-0.1, -0.05) is 42.1 Å². The molecule has 33 heavy (non-hydrogen) atoms. The Morgan fingerprint density at radius 2 is 1.61 bits per heavy atom. The number of carbonyl (C=O) groups is 1. The van der Waals surface area contributed by atoms with Gasteiger partial charge in [0, 0.05) is 11.3 Å². The summed E-state index contributed by atoms with van der Waals surface area (Å²) >= 11 is 1.20. The minimum absolute atomic E-state index is 0.159. The van der Waals surface area contributed by atoms with Crippen molar-refractivity contribution in [2.75, 3.05) is 11.0 Å². The van der Waals surface area contributed by atoms with Gasteiger partial charge in [0.1, 0.15) is 0 Å². The zero-order valence-corrected chi connectivity index (χ0v) is 19.6. The van der Waals surface area contributed by atoms with E-state index in [2.05, 4.69) is 9.71 Å². The van der Waals surface area contributed by atoms with Crippen LogP contribution >= 0.6 is 11.8 Å². The van der Waals surface area contributed by atoms with Crippen LogP contribution in [0, 0.1) is 0 Å². The minimum atomic E-state index is -3.40.